The van der Waals surface area contributed by atoms with Crippen molar-refractivity contribution in [1.29, 1.82) is 0 Å². The van der Waals surface area contributed by atoms with Gasteiger partial charge in [0.15, 0.2) is 0 Å². The average molecular weight is 370 g/mol. The third kappa shape index (κ3) is 4.38. The highest BCUT2D eigenvalue weighted by atomic mass is 79.9. The van der Waals surface area contributed by atoms with Crippen LogP contribution in [0.25, 0.3) is 0 Å². The van der Waals surface area contributed by atoms with Gasteiger partial charge in [-0.05, 0) is 57.6 Å². The number of ether oxygens (including phenoxy) is 1. The summed E-state index contributed by atoms with van der Waals surface area (Å²) in [5, 5.41) is 9.09. The Hall–Kier alpha value is -1.23. The van der Waals surface area contributed by atoms with Crippen molar-refractivity contribution in [3.63, 3.8) is 0 Å². The normalized spacial score (nSPS) is 21.7. The summed E-state index contributed by atoms with van der Waals surface area (Å²) >= 11 is 3.51. The van der Waals surface area contributed by atoms with Crippen molar-refractivity contribution in [1.82, 2.24) is 4.90 Å². The van der Waals surface area contributed by atoms with Crippen LogP contribution in [0, 0.1) is 12.8 Å². The first-order valence-electron chi connectivity index (χ1n) is 7.86. The third-order valence-corrected chi connectivity index (χ3v) is 5.32. The van der Waals surface area contributed by atoms with E-state index in [9.17, 15) is 4.79 Å². The van der Waals surface area contributed by atoms with Crippen LogP contribution in [0.3, 0.4) is 0 Å². The first kappa shape index (κ1) is 17.1. The minimum absolute atomic E-state index is 0.129. The molecule has 1 heterocycles. The van der Waals surface area contributed by atoms with Gasteiger partial charge in [-0.1, -0.05) is 22.0 Å². The van der Waals surface area contributed by atoms with E-state index in [0.717, 1.165) is 41.5 Å². The fourth-order valence-corrected chi connectivity index (χ4v) is 3.46. The number of hydrogen-bond acceptors (Lipinski definition) is 2. The van der Waals surface area contributed by atoms with Crippen molar-refractivity contribution >= 4 is 22.0 Å². The van der Waals surface area contributed by atoms with Crippen LogP contribution in [0.2, 0.25) is 0 Å². The van der Waals surface area contributed by atoms with Gasteiger partial charge in [0, 0.05) is 22.6 Å². The van der Waals surface area contributed by atoms with E-state index in [1.165, 1.54) is 0 Å². The van der Waals surface area contributed by atoms with E-state index in [0.29, 0.717) is 19.1 Å². The van der Waals surface area contributed by atoms with Crippen LogP contribution >= 0.6 is 15.9 Å². The van der Waals surface area contributed by atoms with Gasteiger partial charge >= 0.3 is 6.09 Å². The lowest BCUT2D eigenvalue weighted by Crippen LogP contribution is -2.43. The van der Waals surface area contributed by atoms with Crippen LogP contribution in [0.15, 0.2) is 22.7 Å². The van der Waals surface area contributed by atoms with Gasteiger partial charge in [0.2, 0.25) is 0 Å². The third-order valence-electron chi connectivity index (χ3n) is 4.46. The summed E-state index contributed by atoms with van der Waals surface area (Å²) in [5.41, 5.74) is 1.13. The number of rotatable bonds is 5. The number of carboxylic acid groups (broad SMARTS) is 1. The largest absolute Gasteiger partial charge is 0.493 e. The number of piperidine rings is 1. The highest BCUT2D eigenvalue weighted by molar-refractivity contribution is 9.10. The molecule has 1 amide bonds. The van der Waals surface area contributed by atoms with Crippen molar-refractivity contribution < 1.29 is 14.6 Å². The number of amides is 1. The monoisotopic (exact) mass is 369 g/mol. The molecule has 5 heteroatoms. The van der Waals surface area contributed by atoms with Crippen molar-refractivity contribution in [3.05, 3.63) is 28.2 Å². The predicted octanol–water partition coefficient (Wildman–Crippen LogP) is 4.70. The maximum Gasteiger partial charge on any atom is 0.407 e. The second-order valence-corrected chi connectivity index (χ2v) is 6.92. The van der Waals surface area contributed by atoms with Crippen molar-refractivity contribution in [2.75, 3.05) is 13.2 Å². The van der Waals surface area contributed by atoms with Crippen LogP contribution < -0.4 is 4.74 Å². The van der Waals surface area contributed by atoms with Crippen LogP contribution in [0.4, 0.5) is 4.79 Å². The van der Waals surface area contributed by atoms with E-state index in [1.54, 1.807) is 4.90 Å². The molecular weight excluding hydrogens is 346 g/mol. The lowest BCUT2D eigenvalue weighted by Gasteiger charge is -2.35. The summed E-state index contributed by atoms with van der Waals surface area (Å²) < 4.78 is 6.93. The molecule has 1 aromatic carbocycles. The minimum atomic E-state index is -0.792. The van der Waals surface area contributed by atoms with E-state index in [1.807, 2.05) is 32.0 Å². The van der Waals surface area contributed by atoms with Crippen molar-refractivity contribution in [3.8, 4) is 5.75 Å². The van der Waals surface area contributed by atoms with Crippen LogP contribution in [-0.4, -0.2) is 35.3 Å². The fourth-order valence-electron chi connectivity index (χ4n) is 3.11. The van der Waals surface area contributed by atoms with Crippen molar-refractivity contribution in [2.24, 2.45) is 5.92 Å². The molecule has 2 atom stereocenters. The average Bonchev–Trinajstić information content (AvgIpc) is 2.47. The molecule has 1 fully saturated rings. The molecule has 2 rings (SSSR count). The number of hydrogen-bond donors (Lipinski definition) is 1. The Morgan fingerprint density at radius 3 is 2.95 bits per heavy atom. The van der Waals surface area contributed by atoms with E-state index >= 15 is 0 Å². The van der Waals surface area contributed by atoms with Gasteiger partial charge in [0.1, 0.15) is 5.75 Å². The molecule has 0 spiro atoms. The van der Waals surface area contributed by atoms with E-state index in [2.05, 4.69) is 15.9 Å². The topological polar surface area (TPSA) is 49.8 Å². The Morgan fingerprint density at radius 2 is 2.27 bits per heavy atom. The maximum atomic E-state index is 11.1. The standard InChI is InChI=1S/C17H24BrNO3/c1-12-11-14(8-9-19(12)17(20)21)5-4-10-22-16-7-3-6-15(18)13(16)2/h3,6-7,12,14H,4-5,8-11H2,1-2H3,(H,20,21)/t12-,14+/m0/s1. The van der Waals surface area contributed by atoms with Gasteiger partial charge in [0.05, 0.1) is 6.61 Å². The molecule has 1 aromatic rings. The number of nitrogens with zero attached hydrogens (tertiary/aromatic N) is 1. The number of halogens is 1. The highest BCUT2D eigenvalue weighted by Gasteiger charge is 2.28. The Bertz CT molecular complexity index is 521. The molecule has 22 heavy (non-hydrogen) atoms. The molecule has 4 nitrogen and oxygen atoms in total. The molecule has 1 aliphatic heterocycles. The Kier molecular flexibility index (Phi) is 6.12. The molecule has 0 aromatic heterocycles. The molecular formula is C17H24BrNO3. The Morgan fingerprint density at radius 1 is 1.50 bits per heavy atom. The lowest BCUT2D eigenvalue weighted by atomic mass is 9.88. The summed E-state index contributed by atoms with van der Waals surface area (Å²) in [5.74, 6) is 1.54. The summed E-state index contributed by atoms with van der Waals surface area (Å²) in [6, 6.07) is 6.12. The van der Waals surface area contributed by atoms with Gasteiger partial charge in [-0.2, -0.15) is 0 Å². The summed E-state index contributed by atoms with van der Waals surface area (Å²) in [7, 11) is 0. The SMILES string of the molecule is Cc1c(Br)cccc1OCCC[C@@H]1CCN(C(=O)O)[C@@H](C)C1. The molecule has 0 radical (unpaired) electrons. The van der Waals surface area contributed by atoms with Crippen LogP contribution in [0.1, 0.15) is 38.2 Å². The zero-order valence-electron chi connectivity index (χ0n) is 13.2. The Balaban J connectivity index is 1.71. The minimum Gasteiger partial charge on any atom is -0.493 e. The van der Waals surface area contributed by atoms with Gasteiger partial charge in [-0.3, -0.25) is 0 Å². The summed E-state index contributed by atoms with van der Waals surface area (Å²) in [4.78, 5) is 12.6. The van der Waals surface area contributed by atoms with E-state index in [4.69, 9.17) is 9.84 Å². The maximum absolute atomic E-state index is 11.1. The van der Waals surface area contributed by atoms with E-state index in [-0.39, 0.29) is 6.04 Å². The number of benzene rings is 1. The molecule has 0 aliphatic carbocycles. The van der Waals surface area contributed by atoms with Gasteiger partial charge in [-0.15, -0.1) is 0 Å². The van der Waals surface area contributed by atoms with Gasteiger partial charge in [0.25, 0.3) is 0 Å². The second-order valence-electron chi connectivity index (χ2n) is 6.07. The zero-order chi connectivity index (χ0) is 16.1. The smallest absolute Gasteiger partial charge is 0.407 e. The molecule has 122 valence electrons. The number of carbonyl (C=O) groups is 1. The predicted molar refractivity (Wildman–Crippen MR) is 90.5 cm³/mol. The van der Waals surface area contributed by atoms with Gasteiger partial charge in [-0.25, -0.2) is 4.79 Å². The molecule has 0 unspecified atom stereocenters. The number of likely N-dealkylation sites (tertiary alicyclic amines) is 1. The fraction of sp³-hybridized carbons (Fsp3) is 0.588. The quantitative estimate of drug-likeness (QED) is 0.765. The van der Waals surface area contributed by atoms with Crippen molar-refractivity contribution in [2.45, 2.75) is 45.6 Å². The molecule has 1 N–H and O–H groups in total. The lowest BCUT2D eigenvalue weighted by molar-refractivity contribution is 0.0928. The zero-order valence-corrected chi connectivity index (χ0v) is 14.8. The second kappa shape index (κ2) is 7.86. The van der Waals surface area contributed by atoms with Gasteiger partial charge < -0.3 is 14.7 Å². The summed E-state index contributed by atoms with van der Waals surface area (Å²) in [6.07, 6.45) is 3.25. The highest BCUT2D eigenvalue weighted by Crippen LogP contribution is 2.28. The molecule has 1 aliphatic rings. The first-order valence-corrected chi connectivity index (χ1v) is 8.65. The van der Waals surface area contributed by atoms with Crippen LogP contribution in [0.5, 0.6) is 5.75 Å². The summed E-state index contributed by atoms with van der Waals surface area (Å²) in [6.45, 7) is 5.42. The molecule has 0 saturated carbocycles. The van der Waals surface area contributed by atoms with E-state index < -0.39 is 6.09 Å². The first-order chi connectivity index (χ1) is 10.5. The Labute approximate surface area is 140 Å². The molecule has 0 bridgehead atoms. The van der Waals surface area contributed by atoms with Crippen LogP contribution in [-0.2, 0) is 0 Å². The molecule has 1 saturated heterocycles.